The second-order valence-corrected chi connectivity index (χ2v) is 2.73. The molecule has 0 fully saturated rings. The third-order valence-electron chi connectivity index (χ3n) is 1.83. The zero-order chi connectivity index (χ0) is 10.1. The maximum Gasteiger partial charge on any atom is 0.355 e. The number of fused-ring (bicyclic) bond motifs is 1. The summed E-state index contributed by atoms with van der Waals surface area (Å²) < 4.78 is 0.956. The van der Waals surface area contributed by atoms with E-state index in [1.165, 1.54) is 0 Å². The van der Waals surface area contributed by atoms with Crippen LogP contribution >= 0.6 is 0 Å². The van der Waals surface area contributed by atoms with Crippen molar-refractivity contribution in [2.45, 2.75) is 6.23 Å². The van der Waals surface area contributed by atoms with Crippen LogP contribution in [0.3, 0.4) is 0 Å². The van der Waals surface area contributed by atoms with Crippen molar-refractivity contribution in [3.8, 4) is 0 Å². The van der Waals surface area contributed by atoms with Gasteiger partial charge in [-0.15, -0.1) is 5.10 Å². The van der Waals surface area contributed by atoms with Gasteiger partial charge in [-0.05, 0) is 12.1 Å². The molecule has 1 aromatic heterocycles. The molecule has 2 aromatic rings. The van der Waals surface area contributed by atoms with E-state index in [1.807, 2.05) is 0 Å². The summed E-state index contributed by atoms with van der Waals surface area (Å²) >= 11 is 0. The van der Waals surface area contributed by atoms with Gasteiger partial charge in [0, 0.05) is 0 Å². The van der Waals surface area contributed by atoms with Gasteiger partial charge in [0.2, 0.25) is 6.23 Å². The number of carbonyl (C=O) groups is 1. The van der Waals surface area contributed by atoms with Gasteiger partial charge >= 0.3 is 5.97 Å². The molecule has 0 radical (unpaired) electrons. The third-order valence-corrected chi connectivity index (χ3v) is 1.83. The molecule has 6 heteroatoms. The van der Waals surface area contributed by atoms with Crippen molar-refractivity contribution < 1.29 is 15.0 Å². The Kier molecular flexibility index (Phi) is 1.90. The standard InChI is InChI=1S/C8H7N3O3/c12-7(8(13)14)11-6-4-2-1-3-5(6)9-10-11/h1-4,7,12H,(H,13,14). The fourth-order valence-corrected chi connectivity index (χ4v) is 1.17. The van der Waals surface area contributed by atoms with E-state index in [0.717, 1.165) is 4.68 Å². The van der Waals surface area contributed by atoms with E-state index in [2.05, 4.69) is 10.3 Å². The zero-order valence-electron chi connectivity index (χ0n) is 7.03. The van der Waals surface area contributed by atoms with Gasteiger partial charge in [-0.2, -0.15) is 0 Å². The Hall–Kier alpha value is -1.95. The first kappa shape index (κ1) is 8.64. The minimum atomic E-state index is -1.69. The molecular formula is C8H7N3O3. The summed E-state index contributed by atoms with van der Waals surface area (Å²) in [5.74, 6) is -1.36. The number of hydrogen-bond acceptors (Lipinski definition) is 4. The summed E-state index contributed by atoms with van der Waals surface area (Å²) in [6, 6.07) is 6.81. The lowest BCUT2D eigenvalue weighted by Gasteiger charge is -2.04. The van der Waals surface area contributed by atoms with Gasteiger partial charge in [-0.3, -0.25) is 0 Å². The van der Waals surface area contributed by atoms with Gasteiger partial charge in [0.15, 0.2) is 0 Å². The number of aliphatic hydroxyl groups excluding tert-OH is 1. The van der Waals surface area contributed by atoms with Crippen LogP contribution in [-0.4, -0.2) is 31.2 Å². The summed E-state index contributed by atoms with van der Waals surface area (Å²) in [7, 11) is 0. The fraction of sp³-hybridized carbons (Fsp3) is 0.125. The highest BCUT2D eigenvalue weighted by Gasteiger charge is 2.18. The van der Waals surface area contributed by atoms with Crippen LogP contribution in [-0.2, 0) is 4.79 Å². The second kappa shape index (κ2) is 3.08. The molecule has 2 N–H and O–H groups in total. The second-order valence-electron chi connectivity index (χ2n) is 2.73. The van der Waals surface area contributed by atoms with Gasteiger partial charge in [0.25, 0.3) is 0 Å². The molecule has 0 saturated carbocycles. The summed E-state index contributed by atoms with van der Waals surface area (Å²) in [4.78, 5) is 10.5. The molecule has 14 heavy (non-hydrogen) atoms. The number of aliphatic carboxylic acids is 1. The number of para-hydroxylation sites is 1. The van der Waals surface area contributed by atoms with Crippen LogP contribution < -0.4 is 0 Å². The van der Waals surface area contributed by atoms with Crippen molar-refractivity contribution >= 4 is 17.0 Å². The number of benzene rings is 1. The Morgan fingerprint density at radius 3 is 2.86 bits per heavy atom. The highest BCUT2D eigenvalue weighted by Crippen LogP contribution is 2.13. The van der Waals surface area contributed by atoms with Crippen LogP contribution in [0.5, 0.6) is 0 Å². The molecule has 1 atom stereocenters. The molecular weight excluding hydrogens is 186 g/mol. The molecule has 2 rings (SSSR count). The summed E-state index contributed by atoms with van der Waals surface area (Å²) in [5, 5.41) is 25.1. The van der Waals surface area contributed by atoms with Crippen molar-refractivity contribution in [2.24, 2.45) is 0 Å². The molecule has 0 aliphatic heterocycles. The number of nitrogens with zero attached hydrogens (tertiary/aromatic N) is 3. The van der Waals surface area contributed by atoms with E-state index < -0.39 is 12.2 Å². The van der Waals surface area contributed by atoms with E-state index in [0.29, 0.717) is 11.0 Å². The number of aliphatic hydroxyl groups is 1. The SMILES string of the molecule is O=C(O)C(O)n1nnc2ccccc21. The lowest BCUT2D eigenvalue weighted by Crippen LogP contribution is -2.19. The monoisotopic (exact) mass is 193 g/mol. The molecule has 1 aromatic carbocycles. The Bertz CT molecular complexity index is 479. The Labute approximate surface area is 78.4 Å². The van der Waals surface area contributed by atoms with Crippen LogP contribution in [0.2, 0.25) is 0 Å². The summed E-state index contributed by atoms with van der Waals surface area (Å²) in [6.45, 7) is 0. The Balaban J connectivity index is 2.58. The van der Waals surface area contributed by atoms with Crippen LogP contribution in [0.4, 0.5) is 0 Å². The minimum Gasteiger partial charge on any atom is -0.478 e. The summed E-state index contributed by atoms with van der Waals surface area (Å²) in [5.41, 5.74) is 1.04. The van der Waals surface area contributed by atoms with Crippen LogP contribution in [0.25, 0.3) is 11.0 Å². The smallest absolute Gasteiger partial charge is 0.355 e. The Morgan fingerprint density at radius 2 is 2.14 bits per heavy atom. The molecule has 0 spiro atoms. The van der Waals surface area contributed by atoms with Crippen molar-refractivity contribution in [1.29, 1.82) is 0 Å². The Morgan fingerprint density at radius 1 is 1.43 bits per heavy atom. The number of carboxylic acid groups (broad SMARTS) is 1. The van der Waals surface area contributed by atoms with E-state index in [-0.39, 0.29) is 0 Å². The van der Waals surface area contributed by atoms with Crippen molar-refractivity contribution in [2.75, 3.05) is 0 Å². The number of aromatic nitrogens is 3. The van der Waals surface area contributed by atoms with Gasteiger partial charge in [-0.1, -0.05) is 17.3 Å². The third kappa shape index (κ3) is 1.21. The minimum absolute atomic E-state index is 0.488. The molecule has 0 aliphatic carbocycles. The highest BCUT2D eigenvalue weighted by molar-refractivity contribution is 5.77. The first-order valence-electron chi connectivity index (χ1n) is 3.91. The van der Waals surface area contributed by atoms with E-state index in [4.69, 9.17) is 5.11 Å². The number of rotatable bonds is 2. The van der Waals surface area contributed by atoms with Gasteiger partial charge in [0.05, 0.1) is 5.52 Å². The van der Waals surface area contributed by atoms with E-state index in [9.17, 15) is 9.90 Å². The van der Waals surface area contributed by atoms with Crippen molar-refractivity contribution in [3.63, 3.8) is 0 Å². The highest BCUT2D eigenvalue weighted by atomic mass is 16.4. The lowest BCUT2D eigenvalue weighted by atomic mass is 10.3. The number of hydrogen-bond donors (Lipinski definition) is 2. The maximum atomic E-state index is 10.5. The van der Waals surface area contributed by atoms with Gasteiger partial charge in [0.1, 0.15) is 5.52 Å². The van der Waals surface area contributed by atoms with Crippen LogP contribution in [0.1, 0.15) is 6.23 Å². The molecule has 72 valence electrons. The molecule has 1 unspecified atom stereocenters. The summed E-state index contributed by atoms with van der Waals surface area (Å²) in [6.07, 6.45) is -1.69. The normalized spacial score (nSPS) is 12.9. The van der Waals surface area contributed by atoms with Gasteiger partial charge in [-0.25, -0.2) is 9.48 Å². The molecule has 0 saturated heterocycles. The average Bonchev–Trinajstić information content (AvgIpc) is 2.60. The molecule has 1 heterocycles. The largest absolute Gasteiger partial charge is 0.478 e. The predicted octanol–water partition coefficient (Wildman–Crippen LogP) is 0.00680. The first-order chi connectivity index (χ1) is 6.70. The lowest BCUT2D eigenvalue weighted by molar-refractivity contribution is -0.152. The first-order valence-corrected chi connectivity index (χ1v) is 3.91. The zero-order valence-corrected chi connectivity index (χ0v) is 7.03. The molecule has 0 amide bonds. The molecule has 6 nitrogen and oxygen atoms in total. The van der Waals surface area contributed by atoms with Crippen LogP contribution in [0.15, 0.2) is 24.3 Å². The predicted molar refractivity (Wildman–Crippen MR) is 46.4 cm³/mol. The molecule has 0 bridgehead atoms. The van der Waals surface area contributed by atoms with Crippen LogP contribution in [0, 0.1) is 0 Å². The van der Waals surface area contributed by atoms with E-state index in [1.54, 1.807) is 24.3 Å². The quantitative estimate of drug-likeness (QED) is 0.701. The fourth-order valence-electron chi connectivity index (χ4n) is 1.17. The molecule has 0 aliphatic rings. The van der Waals surface area contributed by atoms with Crippen molar-refractivity contribution in [3.05, 3.63) is 24.3 Å². The van der Waals surface area contributed by atoms with E-state index >= 15 is 0 Å². The topological polar surface area (TPSA) is 88.2 Å². The van der Waals surface area contributed by atoms with Gasteiger partial charge < -0.3 is 10.2 Å². The number of carboxylic acids is 1. The average molecular weight is 193 g/mol. The van der Waals surface area contributed by atoms with Crippen molar-refractivity contribution in [1.82, 2.24) is 15.0 Å². The maximum absolute atomic E-state index is 10.5.